The molecule has 0 aliphatic carbocycles. The Kier molecular flexibility index (Phi) is 2.43. The fourth-order valence-electron chi connectivity index (χ4n) is 1.95. The molecule has 0 saturated heterocycles. The number of para-hydroxylation sites is 2. The van der Waals surface area contributed by atoms with E-state index < -0.39 is 0 Å². The minimum Gasteiger partial charge on any atom is -0.368 e. The molecule has 0 atom stereocenters. The van der Waals surface area contributed by atoms with E-state index in [0.717, 1.165) is 11.4 Å². The van der Waals surface area contributed by atoms with Crippen molar-refractivity contribution in [3.63, 3.8) is 0 Å². The number of hydrazine groups is 1. The summed E-state index contributed by atoms with van der Waals surface area (Å²) in [6.45, 7) is 0. The summed E-state index contributed by atoms with van der Waals surface area (Å²) >= 11 is 0. The third-order valence-electron chi connectivity index (χ3n) is 2.82. The molecule has 1 aromatic carbocycles. The van der Waals surface area contributed by atoms with Gasteiger partial charge in [-0.05, 0) is 12.1 Å². The number of fused-ring (bicyclic) bond motifs is 2. The van der Waals surface area contributed by atoms with Crippen molar-refractivity contribution in [2.75, 3.05) is 16.1 Å². The van der Waals surface area contributed by atoms with Gasteiger partial charge < -0.3 is 16.9 Å². The highest BCUT2D eigenvalue weighted by Crippen LogP contribution is 2.32. The van der Waals surface area contributed by atoms with Gasteiger partial charge in [-0.3, -0.25) is 5.01 Å². The minimum absolute atomic E-state index is 0.158. The standard InChI is InChI=1S/C11H12N8/c12-11-15-5-6-9(17-11)16-7-3-1-2-4-8(7)19(14)10(6)18-13/h1-5H,13-14H2,(H3,12,15,16,17)/b18-10-. The number of anilines is 4. The molecule has 0 amide bonds. The van der Waals surface area contributed by atoms with Crippen LogP contribution in [0.3, 0.4) is 0 Å². The van der Waals surface area contributed by atoms with Crippen LogP contribution in [0.25, 0.3) is 0 Å². The van der Waals surface area contributed by atoms with E-state index in [1.54, 1.807) is 0 Å². The van der Waals surface area contributed by atoms with Crippen LogP contribution in [0.2, 0.25) is 0 Å². The summed E-state index contributed by atoms with van der Waals surface area (Å²) in [5, 5.41) is 8.25. The number of hydrazone groups is 1. The highest BCUT2D eigenvalue weighted by Gasteiger charge is 2.24. The highest BCUT2D eigenvalue weighted by atomic mass is 15.5. The second kappa shape index (κ2) is 4.10. The first-order valence-electron chi connectivity index (χ1n) is 5.52. The van der Waals surface area contributed by atoms with Gasteiger partial charge in [0.05, 0.1) is 16.9 Å². The van der Waals surface area contributed by atoms with E-state index >= 15 is 0 Å². The normalized spacial score (nSPS) is 15.4. The fraction of sp³-hybridized carbons (Fsp3) is 0. The van der Waals surface area contributed by atoms with Gasteiger partial charge in [0, 0.05) is 6.20 Å². The van der Waals surface area contributed by atoms with Crippen LogP contribution in [-0.2, 0) is 0 Å². The molecule has 8 heteroatoms. The lowest BCUT2D eigenvalue weighted by Crippen LogP contribution is -2.38. The Hall–Kier alpha value is -2.87. The van der Waals surface area contributed by atoms with E-state index in [1.807, 2.05) is 24.3 Å². The zero-order valence-corrected chi connectivity index (χ0v) is 9.91. The predicted molar refractivity (Wildman–Crippen MR) is 73.6 cm³/mol. The Morgan fingerprint density at radius 1 is 1.26 bits per heavy atom. The second-order valence-electron chi connectivity index (χ2n) is 3.96. The third-order valence-corrected chi connectivity index (χ3v) is 2.82. The van der Waals surface area contributed by atoms with Gasteiger partial charge in [-0.15, -0.1) is 0 Å². The van der Waals surface area contributed by atoms with Gasteiger partial charge in [-0.2, -0.15) is 10.1 Å². The smallest absolute Gasteiger partial charge is 0.221 e. The molecule has 0 spiro atoms. The Labute approximate surface area is 108 Å². The molecule has 2 heterocycles. The van der Waals surface area contributed by atoms with Gasteiger partial charge in [-0.25, -0.2) is 10.8 Å². The van der Waals surface area contributed by atoms with E-state index in [0.29, 0.717) is 17.2 Å². The molecule has 19 heavy (non-hydrogen) atoms. The van der Waals surface area contributed by atoms with Crippen molar-refractivity contribution in [2.24, 2.45) is 16.8 Å². The SMILES string of the molecule is N/N=C1/c2cnc(N)nc2Nc2ccccc2N1N. The number of aromatic nitrogens is 2. The van der Waals surface area contributed by atoms with E-state index in [-0.39, 0.29) is 5.95 Å². The summed E-state index contributed by atoms with van der Waals surface area (Å²) in [7, 11) is 0. The first kappa shape index (κ1) is 11.2. The lowest BCUT2D eigenvalue weighted by Gasteiger charge is -2.18. The van der Waals surface area contributed by atoms with Crippen LogP contribution in [0.4, 0.5) is 23.1 Å². The molecule has 0 bridgehead atoms. The largest absolute Gasteiger partial charge is 0.368 e. The molecule has 0 radical (unpaired) electrons. The van der Waals surface area contributed by atoms with E-state index in [9.17, 15) is 0 Å². The molecular formula is C11H12N8. The predicted octanol–water partition coefficient (Wildman–Crippen LogP) is 0.116. The number of amidine groups is 1. The molecule has 96 valence electrons. The lowest BCUT2D eigenvalue weighted by molar-refractivity contribution is 1.09. The molecule has 0 fully saturated rings. The lowest BCUT2D eigenvalue weighted by atomic mass is 10.2. The van der Waals surface area contributed by atoms with Crippen LogP contribution in [0.5, 0.6) is 0 Å². The highest BCUT2D eigenvalue weighted by molar-refractivity contribution is 6.15. The summed E-state index contributed by atoms with van der Waals surface area (Å²) < 4.78 is 0. The molecule has 8 nitrogen and oxygen atoms in total. The van der Waals surface area contributed by atoms with Crippen LogP contribution < -0.4 is 27.7 Å². The Balaban J connectivity index is 2.27. The van der Waals surface area contributed by atoms with Crippen molar-refractivity contribution in [1.29, 1.82) is 0 Å². The van der Waals surface area contributed by atoms with Crippen molar-refractivity contribution in [1.82, 2.24) is 9.97 Å². The number of nitrogens with zero attached hydrogens (tertiary/aromatic N) is 4. The zero-order valence-electron chi connectivity index (χ0n) is 9.91. The number of hydrogen-bond donors (Lipinski definition) is 4. The van der Waals surface area contributed by atoms with Gasteiger partial charge in [0.2, 0.25) is 5.95 Å². The number of benzene rings is 1. The maximum absolute atomic E-state index is 6.05. The minimum atomic E-state index is 0.158. The van der Waals surface area contributed by atoms with Crippen LogP contribution in [0.15, 0.2) is 35.6 Å². The van der Waals surface area contributed by atoms with Gasteiger partial charge in [0.25, 0.3) is 0 Å². The van der Waals surface area contributed by atoms with Crippen LogP contribution >= 0.6 is 0 Å². The zero-order chi connectivity index (χ0) is 13.4. The van der Waals surface area contributed by atoms with Crippen molar-refractivity contribution in [3.05, 3.63) is 36.0 Å². The average Bonchev–Trinajstić information content (AvgIpc) is 2.53. The van der Waals surface area contributed by atoms with Crippen LogP contribution in [0.1, 0.15) is 5.56 Å². The summed E-state index contributed by atoms with van der Waals surface area (Å²) in [5.41, 5.74) is 7.68. The number of nitrogen functional groups attached to an aromatic ring is 1. The molecular weight excluding hydrogens is 244 g/mol. The number of rotatable bonds is 0. The van der Waals surface area contributed by atoms with Crippen molar-refractivity contribution >= 4 is 29.0 Å². The fourth-order valence-corrected chi connectivity index (χ4v) is 1.95. The monoisotopic (exact) mass is 256 g/mol. The molecule has 1 aliphatic rings. The maximum Gasteiger partial charge on any atom is 0.221 e. The molecule has 0 unspecified atom stereocenters. The summed E-state index contributed by atoms with van der Waals surface area (Å²) in [5.74, 6) is 12.5. The molecule has 1 aromatic heterocycles. The number of hydrogen-bond acceptors (Lipinski definition) is 7. The first-order valence-corrected chi connectivity index (χ1v) is 5.52. The average molecular weight is 256 g/mol. The van der Waals surface area contributed by atoms with Crippen molar-refractivity contribution in [3.8, 4) is 0 Å². The quantitative estimate of drug-likeness (QED) is 0.388. The molecule has 0 saturated carbocycles. The van der Waals surface area contributed by atoms with Crippen molar-refractivity contribution in [2.45, 2.75) is 0 Å². The first-order chi connectivity index (χ1) is 9.20. The van der Waals surface area contributed by atoms with Crippen LogP contribution in [-0.4, -0.2) is 15.8 Å². The molecule has 2 aromatic rings. The van der Waals surface area contributed by atoms with E-state index in [4.69, 9.17) is 17.4 Å². The number of nitrogens with two attached hydrogens (primary N) is 3. The molecule has 7 N–H and O–H groups in total. The third kappa shape index (κ3) is 1.70. The Morgan fingerprint density at radius 2 is 2.05 bits per heavy atom. The summed E-state index contributed by atoms with van der Waals surface area (Å²) in [6, 6.07) is 7.46. The van der Waals surface area contributed by atoms with Gasteiger partial charge >= 0.3 is 0 Å². The topological polar surface area (TPSA) is 131 Å². The van der Waals surface area contributed by atoms with Gasteiger partial charge in [0.1, 0.15) is 5.82 Å². The Morgan fingerprint density at radius 3 is 2.84 bits per heavy atom. The molecule has 3 rings (SSSR count). The van der Waals surface area contributed by atoms with E-state index in [2.05, 4.69) is 20.4 Å². The second-order valence-corrected chi connectivity index (χ2v) is 3.96. The van der Waals surface area contributed by atoms with E-state index in [1.165, 1.54) is 11.2 Å². The van der Waals surface area contributed by atoms with Gasteiger partial charge in [-0.1, -0.05) is 12.1 Å². The number of nitrogens with one attached hydrogen (secondary N) is 1. The Bertz CT molecular complexity index is 665. The van der Waals surface area contributed by atoms with Gasteiger partial charge in [0.15, 0.2) is 5.84 Å². The molecule has 1 aliphatic heterocycles. The summed E-state index contributed by atoms with van der Waals surface area (Å²) in [6.07, 6.45) is 1.53. The van der Waals surface area contributed by atoms with Crippen LogP contribution in [0, 0.1) is 0 Å². The summed E-state index contributed by atoms with van der Waals surface area (Å²) in [4.78, 5) is 8.08. The maximum atomic E-state index is 6.05. The van der Waals surface area contributed by atoms with Crippen molar-refractivity contribution < 1.29 is 0 Å².